The molecular weight excluding hydrogens is 606 g/mol. The Labute approximate surface area is 285 Å². The molecule has 0 bridgehead atoms. The molecule has 0 spiro atoms. The van der Waals surface area contributed by atoms with Crippen molar-refractivity contribution in [3.8, 4) is 0 Å². The minimum Gasteiger partial charge on any atom is -0.726 e. The van der Waals surface area contributed by atoms with E-state index in [1.54, 1.807) is 30.3 Å². The molecule has 0 amide bonds. The van der Waals surface area contributed by atoms with Gasteiger partial charge < -0.3 is 9.11 Å². The van der Waals surface area contributed by atoms with Gasteiger partial charge in [-0.15, -0.1) is 13.2 Å². The van der Waals surface area contributed by atoms with E-state index in [2.05, 4.69) is 28.4 Å². The third kappa shape index (κ3) is 36.4. The molecule has 0 saturated carbocycles. The summed E-state index contributed by atoms with van der Waals surface area (Å²) in [4.78, 5) is 0.238. The molecule has 1 aromatic carbocycles. The van der Waals surface area contributed by atoms with Crippen LogP contribution in [-0.4, -0.2) is 54.2 Å². The Morgan fingerprint density at radius 3 is 1.35 bits per heavy atom. The van der Waals surface area contributed by atoms with Crippen LogP contribution in [0.2, 0.25) is 0 Å². The number of hydrogen-bond acceptors (Lipinski definition) is 11. The van der Waals surface area contributed by atoms with Crippen LogP contribution in [0.5, 0.6) is 0 Å². The Morgan fingerprint density at radius 1 is 0.650 bits per heavy atom. The first-order valence-corrected chi connectivity index (χ1v) is 16.2. The monoisotopic (exact) mass is 646 g/mol. The molecule has 0 saturated heterocycles. The summed E-state index contributed by atoms with van der Waals surface area (Å²) in [6.07, 6.45) is 14.6. The number of benzene rings is 1. The van der Waals surface area contributed by atoms with E-state index in [-0.39, 0.29) is 83.8 Å². The summed E-state index contributed by atoms with van der Waals surface area (Å²) in [5.41, 5.74) is 0. The van der Waals surface area contributed by atoms with E-state index in [1.807, 2.05) is 0 Å². The molecule has 0 aliphatic carbocycles. The van der Waals surface area contributed by atoms with Crippen LogP contribution in [0.4, 0.5) is 0 Å². The number of rotatable bonds is 19. The predicted octanol–water partition coefficient (Wildman–Crippen LogP) is -1.38. The summed E-state index contributed by atoms with van der Waals surface area (Å²) in [5.74, 6) is 0. The van der Waals surface area contributed by atoms with Crippen molar-refractivity contribution in [1.82, 2.24) is 0 Å². The van der Waals surface area contributed by atoms with Crippen molar-refractivity contribution < 1.29 is 106 Å². The fraction of sp³-hybridized carbons (Fsp3) is 0.583. The summed E-state index contributed by atoms with van der Waals surface area (Å²) in [7, 11) is -12.6. The Bertz CT molecular complexity index is 1010. The van der Waals surface area contributed by atoms with Crippen molar-refractivity contribution in [3.63, 3.8) is 0 Å². The largest absolute Gasteiger partial charge is 1.00 e. The summed E-state index contributed by atoms with van der Waals surface area (Å²) >= 11 is 0. The van der Waals surface area contributed by atoms with Crippen molar-refractivity contribution >= 4 is 30.9 Å². The van der Waals surface area contributed by atoms with E-state index in [1.165, 1.54) is 63.5 Å². The molecular formula is C24H40Na2O11S3. The molecule has 0 N–H and O–H groups in total. The van der Waals surface area contributed by atoms with Gasteiger partial charge in [-0.2, -0.15) is 8.42 Å². The fourth-order valence-corrected chi connectivity index (χ4v) is 4.17. The Morgan fingerprint density at radius 2 is 1.02 bits per heavy atom. The zero-order valence-electron chi connectivity index (χ0n) is 23.9. The van der Waals surface area contributed by atoms with E-state index in [4.69, 9.17) is 4.18 Å². The smallest absolute Gasteiger partial charge is 0.726 e. The standard InChI is InChI=1S/C18H30O3S.2C3H6O4S.2Na/c1-2-3-4-5-6-7-8-9-10-14-17-21-22(19,20)18-15-12-11-13-16-18;2*1-2-3-7-8(4,5)6;;/h11-13,15-16H,2-10,14,17H2,1H3;2*2H,1,3H2,(H,4,5,6);;/q;;;2*+1/p-2. The van der Waals surface area contributed by atoms with Gasteiger partial charge in [0, 0.05) is 0 Å². The first-order valence-electron chi connectivity index (χ1n) is 12.2. The van der Waals surface area contributed by atoms with Crippen LogP contribution in [0.1, 0.15) is 71.1 Å². The maximum absolute atomic E-state index is 11.9. The SMILES string of the molecule is C=CCOS(=O)(=O)[O-].C=CCOS(=O)(=O)[O-].CCCCCCCCCCCCOS(=O)(=O)c1ccccc1.[Na+].[Na+]. The van der Waals surface area contributed by atoms with Gasteiger partial charge in [-0.1, -0.05) is 95.1 Å². The molecule has 0 fully saturated rings. The van der Waals surface area contributed by atoms with E-state index in [0.717, 1.165) is 12.8 Å². The third-order valence-electron chi connectivity index (χ3n) is 4.43. The molecule has 11 nitrogen and oxygen atoms in total. The fourth-order valence-electron chi connectivity index (χ4n) is 2.68. The molecule has 0 radical (unpaired) electrons. The van der Waals surface area contributed by atoms with Crippen molar-refractivity contribution in [3.05, 3.63) is 55.6 Å². The minimum absolute atomic E-state index is 0. The number of hydrogen-bond donors (Lipinski definition) is 0. The molecule has 0 heterocycles. The van der Waals surface area contributed by atoms with Crippen LogP contribution < -0.4 is 59.1 Å². The van der Waals surface area contributed by atoms with Gasteiger partial charge in [0.2, 0.25) is 20.8 Å². The van der Waals surface area contributed by atoms with E-state index in [0.29, 0.717) is 0 Å². The van der Waals surface area contributed by atoms with Crippen LogP contribution in [0.3, 0.4) is 0 Å². The van der Waals surface area contributed by atoms with Crippen LogP contribution in [0.15, 0.2) is 60.5 Å². The summed E-state index contributed by atoms with van der Waals surface area (Å²) in [6, 6.07) is 8.33. The van der Waals surface area contributed by atoms with Gasteiger partial charge in [0.15, 0.2) is 0 Å². The molecule has 0 unspecified atom stereocenters. The topological polar surface area (TPSA) is 176 Å². The second-order valence-electron chi connectivity index (χ2n) is 7.73. The van der Waals surface area contributed by atoms with Crippen LogP contribution in [0, 0.1) is 0 Å². The van der Waals surface area contributed by atoms with Gasteiger partial charge in [-0.3, -0.25) is 12.5 Å². The molecule has 0 atom stereocenters. The first kappa shape index (κ1) is 47.3. The second kappa shape index (κ2) is 29.4. The Kier molecular flexibility index (Phi) is 34.8. The van der Waals surface area contributed by atoms with Crippen molar-refractivity contribution in [2.24, 2.45) is 0 Å². The van der Waals surface area contributed by atoms with E-state index >= 15 is 0 Å². The van der Waals surface area contributed by atoms with E-state index < -0.39 is 30.9 Å². The summed E-state index contributed by atoms with van der Waals surface area (Å²) in [6.45, 7) is 8.28. The van der Waals surface area contributed by atoms with Gasteiger partial charge in [-0.05, 0) is 18.6 Å². The van der Waals surface area contributed by atoms with Crippen LogP contribution in [0.25, 0.3) is 0 Å². The third-order valence-corrected chi connectivity index (χ3v) is 6.60. The van der Waals surface area contributed by atoms with Crippen molar-refractivity contribution in [2.75, 3.05) is 19.8 Å². The maximum atomic E-state index is 11.9. The maximum Gasteiger partial charge on any atom is 1.00 e. The molecule has 222 valence electrons. The average Bonchev–Trinajstić information content (AvgIpc) is 2.85. The Balaban J connectivity index is -0.000000299. The minimum atomic E-state index is -4.51. The molecule has 0 aliphatic heterocycles. The molecule has 1 rings (SSSR count). The van der Waals surface area contributed by atoms with Crippen molar-refractivity contribution in [2.45, 2.75) is 76.0 Å². The molecule has 0 aromatic heterocycles. The first-order chi connectivity index (χ1) is 17.8. The van der Waals surface area contributed by atoms with Crippen LogP contribution in [-0.2, 0) is 43.5 Å². The zero-order valence-corrected chi connectivity index (χ0v) is 30.3. The average molecular weight is 647 g/mol. The predicted molar refractivity (Wildman–Crippen MR) is 143 cm³/mol. The van der Waals surface area contributed by atoms with Gasteiger partial charge in [0.1, 0.15) is 0 Å². The molecule has 0 aliphatic rings. The second-order valence-corrected chi connectivity index (χ2v) is 11.5. The van der Waals surface area contributed by atoms with Gasteiger partial charge in [0.25, 0.3) is 10.1 Å². The number of unbranched alkanes of at least 4 members (excludes halogenated alkanes) is 9. The summed E-state index contributed by atoms with van der Waals surface area (Å²) in [5, 5.41) is 0. The van der Waals surface area contributed by atoms with Crippen LogP contribution >= 0.6 is 0 Å². The van der Waals surface area contributed by atoms with Crippen molar-refractivity contribution in [1.29, 1.82) is 0 Å². The van der Waals surface area contributed by atoms with E-state index in [9.17, 15) is 34.4 Å². The molecule has 16 heteroatoms. The normalized spacial score (nSPS) is 10.9. The van der Waals surface area contributed by atoms with Gasteiger partial charge in [0.05, 0.1) is 24.7 Å². The Hall–Kier alpha value is 0.350. The van der Waals surface area contributed by atoms with Gasteiger partial charge >= 0.3 is 59.1 Å². The molecule has 40 heavy (non-hydrogen) atoms. The molecule has 1 aromatic rings. The quantitative estimate of drug-likeness (QED) is 0.0432. The zero-order chi connectivity index (χ0) is 29.3. The van der Waals surface area contributed by atoms with Gasteiger partial charge in [-0.25, -0.2) is 16.8 Å². The summed E-state index contributed by atoms with van der Waals surface area (Å²) < 4.78 is 93.5.